The maximum Gasteiger partial charge on any atom is 0.133 e. The number of nitrogens with zero attached hydrogens (tertiary/aromatic N) is 3. The Morgan fingerprint density at radius 2 is 2.07 bits per heavy atom. The first kappa shape index (κ1) is 17.1. The van der Waals surface area contributed by atoms with Crippen molar-refractivity contribution in [2.75, 3.05) is 13.2 Å². The molecule has 0 spiro atoms. The zero-order valence-electron chi connectivity index (χ0n) is 15.1. The molecule has 0 amide bonds. The molecule has 7 heteroatoms. The highest BCUT2D eigenvalue weighted by atomic mass is 19.1. The minimum Gasteiger partial charge on any atom is -0.388 e. The van der Waals surface area contributed by atoms with Gasteiger partial charge in [0.1, 0.15) is 24.1 Å². The summed E-state index contributed by atoms with van der Waals surface area (Å²) in [5, 5.41) is 9.31. The molecule has 142 valence electrons. The van der Waals surface area contributed by atoms with E-state index in [-0.39, 0.29) is 12.4 Å². The van der Waals surface area contributed by atoms with Crippen molar-refractivity contribution >= 4 is 11.0 Å². The van der Waals surface area contributed by atoms with E-state index in [9.17, 15) is 9.50 Å². The minimum atomic E-state index is -0.434. The number of aliphatic hydroxyl groups excluding tert-OH is 1. The van der Waals surface area contributed by atoms with Crippen LogP contribution in [0.15, 0.2) is 54.9 Å². The summed E-state index contributed by atoms with van der Waals surface area (Å²) in [5.41, 5.74) is 3.13. The normalized spacial score (nSPS) is 19.5. The van der Waals surface area contributed by atoms with Gasteiger partial charge in [0.15, 0.2) is 0 Å². The Morgan fingerprint density at radius 1 is 1.21 bits per heavy atom. The Bertz CT molecular complexity index is 1130. The predicted molar refractivity (Wildman–Crippen MR) is 102 cm³/mol. The van der Waals surface area contributed by atoms with Gasteiger partial charge in [-0.25, -0.2) is 14.4 Å². The summed E-state index contributed by atoms with van der Waals surface area (Å²) >= 11 is 0. The molecule has 6 nitrogen and oxygen atoms in total. The average molecular weight is 378 g/mol. The van der Waals surface area contributed by atoms with E-state index < -0.39 is 5.41 Å². The van der Waals surface area contributed by atoms with Gasteiger partial charge in [-0.3, -0.25) is 0 Å². The van der Waals surface area contributed by atoms with Crippen LogP contribution >= 0.6 is 0 Å². The van der Waals surface area contributed by atoms with Gasteiger partial charge in [-0.15, -0.1) is 0 Å². The van der Waals surface area contributed by atoms with Crippen LogP contribution in [0, 0.1) is 5.82 Å². The van der Waals surface area contributed by atoms with Crippen LogP contribution in [0.5, 0.6) is 0 Å². The minimum absolute atomic E-state index is 0.134. The third-order valence-electron chi connectivity index (χ3n) is 5.43. The highest BCUT2D eigenvalue weighted by Gasteiger charge is 2.42. The lowest BCUT2D eigenvalue weighted by atomic mass is 9.79. The molecule has 0 radical (unpaired) electrons. The average Bonchev–Trinajstić information content (AvgIpc) is 3.46. The largest absolute Gasteiger partial charge is 0.388 e. The molecule has 0 aliphatic carbocycles. The quantitative estimate of drug-likeness (QED) is 0.572. The highest BCUT2D eigenvalue weighted by Crippen LogP contribution is 2.40. The zero-order valence-corrected chi connectivity index (χ0v) is 15.1. The second kappa shape index (κ2) is 6.54. The van der Waals surface area contributed by atoms with Crippen molar-refractivity contribution in [2.24, 2.45) is 0 Å². The number of hydrogen-bond acceptors (Lipinski definition) is 4. The molecule has 2 N–H and O–H groups in total. The van der Waals surface area contributed by atoms with E-state index in [1.54, 1.807) is 6.20 Å². The van der Waals surface area contributed by atoms with Crippen LogP contribution in [0.25, 0.3) is 16.7 Å². The molecule has 0 bridgehead atoms. The van der Waals surface area contributed by atoms with Crippen molar-refractivity contribution in [2.45, 2.75) is 18.4 Å². The van der Waals surface area contributed by atoms with Gasteiger partial charge in [-0.2, -0.15) is 0 Å². The Morgan fingerprint density at radius 3 is 2.82 bits per heavy atom. The summed E-state index contributed by atoms with van der Waals surface area (Å²) in [5.74, 6) is 1.13. The number of imidazole rings is 2. The van der Waals surface area contributed by atoms with Crippen LogP contribution in [0.1, 0.15) is 23.6 Å². The molecule has 2 aromatic carbocycles. The maximum absolute atomic E-state index is 13.5. The third-order valence-corrected chi connectivity index (χ3v) is 5.43. The maximum atomic E-state index is 13.5. The Hall–Kier alpha value is -3.03. The van der Waals surface area contributed by atoms with E-state index in [1.165, 1.54) is 12.1 Å². The van der Waals surface area contributed by atoms with Gasteiger partial charge in [0.2, 0.25) is 0 Å². The Kier molecular flexibility index (Phi) is 3.99. The number of halogens is 1. The first-order valence-corrected chi connectivity index (χ1v) is 9.17. The fourth-order valence-corrected chi connectivity index (χ4v) is 4.01. The standard InChI is InChI=1S/C21H19FN4O2/c22-15-3-1-14(2-4-15)21(7-10-28-13-21)20-23-8-9-26(20)16-5-6-17-18(11-16)25-19(12-27)24-17/h1-6,8-9,11,27H,7,10,12-13H2,(H,24,25)/t21-/m0/s1. The summed E-state index contributed by atoms with van der Waals surface area (Å²) in [7, 11) is 0. The molecule has 1 aliphatic rings. The van der Waals surface area contributed by atoms with Crippen molar-refractivity contribution < 1.29 is 14.2 Å². The topological polar surface area (TPSA) is 76.0 Å². The summed E-state index contributed by atoms with van der Waals surface area (Å²) < 4.78 is 21.3. The van der Waals surface area contributed by atoms with Crippen LogP contribution in [-0.2, 0) is 16.8 Å². The van der Waals surface area contributed by atoms with Crippen LogP contribution in [-0.4, -0.2) is 37.8 Å². The number of fused-ring (bicyclic) bond motifs is 1. The molecule has 28 heavy (non-hydrogen) atoms. The number of nitrogens with one attached hydrogen (secondary N) is 1. The van der Waals surface area contributed by atoms with Crippen LogP contribution < -0.4 is 0 Å². The molecule has 1 aliphatic heterocycles. The number of H-pyrrole nitrogens is 1. The molecule has 3 heterocycles. The summed E-state index contributed by atoms with van der Waals surface area (Å²) in [4.78, 5) is 12.1. The van der Waals surface area contributed by atoms with E-state index >= 15 is 0 Å². The van der Waals surface area contributed by atoms with Crippen molar-refractivity contribution in [3.8, 4) is 5.69 Å². The smallest absolute Gasteiger partial charge is 0.133 e. The second-order valence-electron chi connectivity index (χ2n) is 7.06. The molecule has 1 atom stereocenters. The summed E-state index contributed by atoms with van der Waals surface area (Å²) in [6, 6.07) is 12.5. The zero-order chi connectivity index (χ0) is 19.1. The van der Waals surface area contributed by atoms with Crippen LogP contribution in [0.3, 0.4) is 0 Å². The number of aromatic nitrogens is 4. The van der Waals surface area contributed by atoms with Gasteiger partial charge in [0, 0.05) is 24.7 Å². The van der Waals surface area contributed by atoms with Crippen molar-refractivity contribution in [1.82, 2.24) is 19.5 Å². The van der Waals surface area contributed by atoms with E-state index in [4.69, 9.17) is 4.74 Å². The fourth-order valence-electron chi connectivity index (χ4n) is 4.01. The van der Waals surface area contributed by atoms with E-state index in [2.05, 4.69) is 15.0 Å². The molecule has 1 saturated heterocycles. The molecule has 0 unspecified atom stereocenters. The van der Waals surface area contributed by atoms with Gasteiger partial charge in [0.25, 0.3) is 0 Å². The molecule has 5 rings (SSSR count). The fraction of sp³-hybridized carbons (Fsp3) is 0.238. The van der Waals surface area contributed by atoms with Gasteiger partial charge in [0.05, 0.1) is 23.1 Å². The van der Waals surface area contributed by atoms with Crippen molar-refractivity contribution in [3.63, 3.8) is 0 Å². The number of rotatable bonds is 4. The number of aliphatic hydroxyl groups is 1. The van der Waals surface area contributed by atoms with E-state index in [0.717, 1.165) is 34.5 Å². The number of aromatic amines is 1. The first-order valence-electron chi connectivity index (χ1n) is 9.17. The van der Waals surface area contributed by atoms with Gasteiger partial charge in [-0.1, -0.05) is 12.1 Å². The van der Waals surface area contributed by atoms with Gasteiger partial charge in [-0.05, 0) is 42.3 Å². The van der Waals surface area contributed by atoms with E-state index in [1.807, 2.05) is 41.1 Å². The SMILES string of the molecule is OCc1nc2ccc(-n3ccnc3[C@@]3(c4ccc(F)cc4)CCOC3)cc2[nH]1. The van der Waals surface area contributed by atoms with Gasteiger partial charge >= 0.3 is 0 Å². The molecular formula is C21H19FN4O2. The molecular weight excluding hydrogens is 359 g/mol. The number of ether oxygens (including phenoxy) is 1. The van der Waals surface area contributed by atoms with Crippen molar-refractivity contribution in [1.29, 1.82) is 0 Å². The Balaban J connectivity index is 1.64. The Labute approximate surface area is 160 Å². The van der Waals surface area contributed by atoms with Crippen LogP contribution in [0.2, 0.25) is 0 Å². The molecule has 4 aromatic rings. The third kappa shape index (κ3) is 2.63. The lowest BCUT2D eigenvalue weighted by molar-refractivity contribution is 0.182. The predicted octanol–water partition coefficient (Wildman–Crippen LogP) is 3.09. The van der Waals surface area contributed by atoms with Gasteiger partial charge < -0.3 is 19.4 Å². The van der Waals surface area contributed by atoms with Crippen LogP contribution in [0.4, 0.5) is 4.39 Å². The van der Waals surface area contributed by atoms with E-state index in [0.29, 0.717) is 19.0 Å². The molecule has 1 fully saturated rings. The lowest BCUT2D eigenvalue weighted by Crippen LogP contribution is -2.31. The molecule has 0 saturated carbocycles. The number of hydrogen-bond donors (Lipinski definition) is 2. The van der Waals surface area contributed by atoms with Crippen molar-refractivity contribution in [3.05, 3.63) is 77.9 Å². The summed E-state index contributed by atoms with van der Waals surface area (Å²) in [6.07, 6.45) is 4.47. The second-order valence-corrected chi connectivity index (χ2v) is 7.06. The highest BCUT2D eigenvalue weighted by molar-refractivity contribution is 5.77. The monoisotopic (exact) mass is 378 g/mol. The molecule has 2 aromatic heterocycles. The first-order chi connectivity index (χ1) is 13.7. The number of benzene rings is 2. The lowest BCUT2D eigenvalue weighted by Gasteiger charge is -2.28. The summed E-state index contributed by atoms with van der Waals surface area (Å²) in [6.45, 7) is 0.992.